The van der Waals surface area contributed by atoms with Crippen LogP contribution in [0, 0.1) is 0 Å². The Morgan fingerprint density at radius 3 is 2.61 bits per heavy atom. The van der Waals surface area contributed by atoms with Gasteiger partial charge in [0.05, 0.1) is 7.11 Å². The number of ether oxygens (including phenoxy) is 2. The van der Waals surface area contributed by atoms with Crippen LogP contribution in [0.15, 0.2) is 12.1 Å². The van der Waals surface area contributed by atoms with Crippen LogP contribution in [-0.4, -0.2) is 50.3 Å². The van der Waals surface area contributed by atoms with Crippen LogP contribution in [0.5, 0.6) is 11.5 Å². The van der Waals surface area contributed by atoms with E-state index in [2.05, 4.69) is 0 Å². The number of carboxylic acid groups (broad SMARTS) is 1. The normalized spacial score (nSPS) is 10.5. The molecule has 0 bridgehead atoms. The van der Waals surface area contributed by atoms with Gasteiger partial charge in [-0.3, -0.25) is 0 Å². The van der Waals surface area contributed by atoms with Crippen molar-refractivity contribution in [2.45, 2.75) is 0 Å². The molecule has 0 heterocycles. The monoisotopic (exact) mass is 273 g/mol. The molecule has 1 N–H and O–H groups in total. The van der Waals surface area contributed by atoms with E-state index in [-0.39, 0.29) is 11.3 Å². The number of aromatic carboxylic acids is 1. The van der Waals surface area contributed by atoms with Crippen LogP contribution in [0.3, 0.4) is 0 Å². The number of likely N-dealkylation sites (N-methyl/N-ethyl adjacent to an activating group) is 1. The second-order valence-corrected chi connectivity index (χ2v) is 4.38. The van der Waals surface area contributed by atoms with Gasteiger partial charge in [-0.1, -0.05) is 11.6 Å². The first-order valence-corrected chi connectivity index (χ1v) is 5.72. The fraction of sp³-hybridized carbons (Fsp3) is 0.417. The molecular formula is C12H16ClNO4. The molecule has 18 heavy (non-hydrogen) atoms. The number of hydrogen-bond donors (Lipinski definition) is 1. The maximum Gasteiger partial charge on any atom is 0.339 e. The Kier molecular flexibility index (Phi) is 5.25. The summed E-state index contributed by atoms with van der Waals surface area (Å²) in [6.07, 6.45) is 0. The molecule has 1 rings (SSSR count). The van der Waals surface area contributed by atoms with Crippen molar-refractivity contribution < 1.29 is 19.4 Å². The van der Waals surface area contributed by atoms with Crippen molar-refractivity contribution in [2.24, 2.45) is 0 Å². The van der Waals surface area contributed by atoms with Crippen molar-refractivity contribution >= 4 is 17.6 Å². The third-order valence-corrected chi connectivity index (χ3v) is 2.47. The molecule has 0 unspecified atom stereocenters. The summed E-state index contributed by atoms with van der Waals surface area (Å²) in [6.45, 7) is 1.04. The summed E-state index contributed by atoms with van der Waals surface area (Å²) in [5.74, 6) is -0.578. The Morgan fingerprint density at radius 2 is 2.11 bits per heavy atom. The smallest absolute Gasteiger partial charge is 0.339 e. The van der Waals surface area contributed by atoms with E-state index in [1.54, 1.807) is 0 Å². The van der Waals surface area contributed by atoms with Crippen molar-refractivity contribution in [1.29, 1.82) is 0 Å². The summed E-state index contributed by atoms with van der Waals surface area (Å²) in [5.41, 5.74) is -0.00175. The maximum absolute atomic E-state index is 11.1. The van der Waals surface area contributed by atoms with Gasteiger partial charge in [0.25, 0.3) is 0 Å². The van der Waals surface area contributed by atoms with Gasteiger partial charge in [0.2, 0.25) is 0 Å². The van der Waals surface area contributed by atoms with Crippen LogP contribution in [0.1, 0.15) is 10.4 Å². The summed E-state index contributed by atoms with van der Waals surface area (Å²) < 4.78 is 10.6. The standard InChI is InChI=1S/C12H16ClNO4/c1-14(2)4-5-18-11-9(12(15)16)6-8(13)7-10(11)17-3/h6-7H,4-5H2,1-3H3,(H,15,16). The van der Waals surface area contributed by atoms with Crippen LogP contribution in [0.4, 0.5) is 0 Å². The first-order valence-electron chi connectivity index (χ1n) is 5.34. The van der Waals surface area contributed by atoms with Gasteiger partial charge in [-0.15, -0.1) is 0 Å². The van der Waals surface area contributed by atoms with E-state index in [9.17, 15) is 4.79 Å². The first kappa shape index (κ1) is 14.6. The quantitative estimate of drug-likeness (QED) is 0.859. The first-order chi connectivity index (χ1) is 8.45. The summed E-state index contributed by atoms with van der Waals surface area (Å²) in [5, 5.41) is 9.41. The second kappa shape index (κ2) is 6.47. The lowest BCUT2D eigenvalue weighted by molar-refractivity contribution is 0.0691. The van der Waals surface area contributed by atoms with Crippen LogP contribution in [0.2, 0.25) is 5.02 Å². The highest BCUT2D eigenvalue weighted by Crippen LogP contribution is 2.34. The van der Waals surface area contributed by atoms with Crippen molar-refractivity contribution in [1.82, 2.24) is 4.90 Å². The van der Waals surface area contributed by atoms with E-state index >= 15 is 0 Å². The molecule has 5 nitrogen and oxygen atoms in total. The number of carboxylic acids is 1. The molecular weight excluding hydrogens is 258 g/mol. The average Bonchev–Trinajstić information content (AvgIpc) is 2.29. The number of hydrogen-bond acceptors (Lipinski definition) is 4. The number of halogens is 1. The predicted octanol–water partition coefficient (Wildman–Crippen LogP) is 1.99. The zero-order chi connectivity index (χ0) is 13.7. The molecule has 100 valence electrons. The van der Waals surface area contributed by atoms with Crippen LogP contribution in [-0.2, 0) is 0 Å². The Balaban J connectivity index is 3.01. The van der Waals surface area contributed by atoms with Gasteiger partial charge in [-0.25, -0.2) is 4.79 Å². The maximum atomic E-state index is 11.1. The molecule has 0 amide bonds. The molecule has 0 aromatic heterocycles. The van der Waals surface area contributed by atoms with Gasteiger partial charge in [0.1, 0.15) is 12.2 Å². The summed E-state index contributed by atoms with van der Waals surface area (Å²) in [4.78, 5) is 13.1. The third kappa shape index (κ3) is 3.78. The van der Waals surface area contributed by atoms with E-state index in [0.29, 0.717) is 23.9 Å². The van der Waals surface area contributed by atoms with E-state index in [0.717, 1.165) is 0 Å². The van der Waals surface area contributed by atoms with Crippen molar-refractivity contribution in [3.8, 4) is 11.5 Å². The predicted molar refractivity (Wildman–Crippen MR) is 69.0 cm³/mol. The van der Waals surface area contributed by atoms with Gasteiger partial charge in [-0.2, -0.15) is 0 Å². The highest BCUT2D eigenvalue weighted by atomic mass is 35.5. The van der Waals surface area contributed by atoms with Gasteiger partial charge < -0.3 is 19.5 Å². The molecule has 0 spiro atoms. The van der Waals surface area contributed by atoms with Crippen LogP contribution in [0.25, 0.3) is 0 Å². The molecule has 0 atom stereocenters. The Labute approximate surface area is 111 Å². The number of methoxy groups -OCH3 is 1. The Morgan fingerprint density at radius 1 is 1.44 bits per heavy atom. The van der Waals surface area contributed by atoms with E-state index in [1.807, 2.05) is 19.0 Å². The minimum atomic E-state index is -1.10. The SMILES string of the molecule is COc1cc(Cl)cc(C(=O)O)c1OCCN(C)C. The second-order valence-electron chi connectivity index (χ2n) is 3.94. The number of nitrogens with zero attached hydrogens (tertiary/aromatic N) is 1. The average molecular weight is 274 g/mol. The van der Waals surface area contributed by atoms with E-state index in [4.69, 9.17) is 26.2 Å². The van der Waals surface area contributed by atoms with Crippen LogP contribution < -0.4 is 9.47 Å². The minimum Gasteiger partial charge on any atom is -0.493 e. The van der Waals surface area contributed by atoms with E-state index < -0.39 is 5.97 Å². The van der Waals surface area contributed by atoms with Crippen molar-refractivity contribution in [3.63, 3.8) is 0 Å². The number of rotatable bonds is 6. The molecule has 0 aliphatic carbocycles. The zero-order valence-electron chi connectivity index (χ0n) is 10.6. The topological polar surface area (TPSA) is 59.0 Å². The lowest BCUT2D eigenvalue weighted by Gasteiger charge is -2.15. The summed E-state index contributed by atoms with van der Waals surface area (Å²) in [6, 6.07) is 2.87. The minimum absolute atomic E-state index is 0.00175. The molecule has 0 fully saturated rings. The molecule has 0 saturated carbocycles. The fourth-order valence-corrected chi connectivity index (χ4v) is 1.57. The van der Waals surface area contributed by atoms with Gasteiger partial charge in [0.15, 0.2) is 11.5 Å². The van der Waals surface area contributed by atoms with Crippen molar-refractivity contribution in [2.75, 3.05) is 34.4 Å². The summed E-state index contributed by atoms with van der Waals surface area (Å²) >= 11 is 5.82. The molecule has 1 aromatic carbocycles. The highest BCUT2D eigenvalue weighted by molar-refractivity contribution is 6.31. The Bertz CT molecular complexity index is 434. The Hall–Kier alpha value is -1.46. The molecule has 1 aromatic rings. The van der Waals surface area contributed by atoms with Gasteiger partial charge in [-0.05, 0) is 20.2 Å². The molecule has 0 radical (unpaired) electrons. The summed E-state index contributed by atoms with van der Waals surface area (Å²) in [7, 11) is 5.25. The van der Waals surface area contributed by atoms with Gasteiger partial charge >= 0.3 is 5.97 Å². The lowest BCUT2D eigenvalue weighted by atomic mass is 10.2. The van der Waals surface area contributed by atoms with Gasteiger partial charge in [0, 0.05) is 17.6 Å². The third-order valence-electron chi connectivity index (χ3n) is 2.25. The largest absolute Gasteiger partial charge is 0.493 e. The number of carbonyl (C=O) groups is 1. The molecule has 0 saturated heterocycles. The highest BCUT2D eigenvalue weighted by Gasteiger charge is 2.18. The fourth-order valence-electron chi connectivity index (χ4n) is 1.36. The molecule has 0 aliphatic rings. The number of benzene rings is 1. The van der Waals surface area contributed by atoms with Crippen LogP contribution >= 0.6 is 11.6 Å². The molecule has 6 heteroatoms. The zero-order valence-corrected chi connectivity index (χ0v) is 11.3. The van der Waals surface area contributed by atoms with Crippen molar-refractivity contribution in [3.05, 3.63) is 22.7 Å². The van der Waals surface area contributed by atoms with E-state index in [1.165, 1.54) is 19.2 Å². The molecule has 0 aliphatic heterocycles. The lowest BCUT2D eigenvalue weighted by Crippen LogP contribution is -2.20.